The fraction of sp³-hybridized carbons (Fsp3) is 0.571. The zero-order chi connectivity index (χ0) is 7.40. The second-order valence-electron chi connectivity index (χ2n) is 2.48. The van der Waals surface area contributed by atoms with Crippen molar-refractivity contribution in [1.82, 2.24) is 5.32 Å². The van der Waals surface area contributed by atoms with Gasteiger partial charge in [0.15, 0.2) is 0 Å². The summed E-state index contributed by atoms with van der Waals surface area (Å²) in [5.74, 6) is 0.190. The summed E-state index contributed by atoms with van der Waals surface area (Å²) < 4.78 is 0. The van der Waals surface area contributed by atoms with Crippen LogP contribution in [0.3, 0.4) is 0 Å². The van der Waals surface area contributed by atoms with Gasteiger partial charge in [-0.1, -0.05) is 6.08 Å². The molecule has 0 spiro atoms. The van der Waals surface area contributed by atoms with E-state index in [1.165, 1.54) is 6.21 Å². The van der Waals surface area contributed by atoms with Gasteiger partial charge < -0.3 is 16.5 Å². The van der Waals surface area contributed by atoms with Crippen LogP contribution >= 0.6 is 0 Å². The summed E-state index contributed by atoms with van der Waals surface area (Å²) in [6, 6.07) is 0.363. The lowest BCUT2D eigenvalue weighted by Crippen LogP contribution is -2.35. The van der Waals surface area contributed by atoms with Crippen LogP contribution in [-0.4, -0.2) is 18.8 Å². The quantitative estimate of drug-likeness (QED) is 0.485. The molecule has 3 heteroatoms. The van der Waals surface area contributed by atoms with E-state index >= 15 is 0 Å². The average Bonchev–Trinajstić information content (AvgIpc) is 2.43. The van der Waals surface area contributed by atoms with Gasteiger partial charge in [-0.15, -0.1) is 0 Å². The van der Waals surface area contributed by atoms with Gasteiger partial charge in [0, 0.05) is 24.7 Å². The van der Waals surface area contributed by atoms with Crippen LogP contribution in [0.1, 0.15) is 6.42 Å². The number of nitrogens with two attached hydrogens (primary N) is 1. The van der Waals surface area contributed by atoms with E-state index < -0.39 is 0 Å². The Morgan fingerprint density at radius 3 is 3.10 bits per heavy atom. The van der Waals surface area contributed by atoms with Gasteiger partial charge in [0.2, 0.25) is 0 Å². The van der Waals surface area contributed by atoms with Gasteiger partial charge in [-0.05, 0) is 12.6 Å². The summed E-state index contributed by atoms with van der Waals surface area (Å²) in [5.41, 5.74) is 5.44. The molecule has 1 rings (SSSR count). The van der Waals surface area contributed by atoms with Gasteiger partial charge in [0.25, 0.3) is 0 Å². The number of hydrogen-bond acceptors (Lipinski definition) is 3. The molecule has 0 bridgehead atoms. The van der Waals surface area contributed by atoms with Gasteiger partial charge in [-0.25, -0.2) is 0 Å². The van der Waals surface area contributed by atoms with Crippen molar-refractivity contribution in [2.45, 2.75) is 12.5 Å². The highest BCUT2D eigenvalue weighted by Crippen LogP contribution is 2.09. The minimum Gasteiger partial charge on any atom is -0.387 e. The maximum absolute atomic E-state index is 7.05. The lowest BCUT2D eigenvalue weighted by Gasteiger charge is -2.17. The van der Waals surface area contributed by atoms with Crippen LogP contribution in [0.2, 0.25) is 0 Å². The van der Waals surface area contributed by atoms with E-state index in [1.54, 1.807) is 0 Å². The monoisotopic (exact) mass is 139 g/mol. The SMILES string of the molecule is N=CC(CN)[C@H]1CC=CN1. The molecule has 1 aliphatic heterocycles. The molecule has 0 saturated carbocycles. The molecule has 0 amide bonds. The normalized spacial score (nSPS) is 25.9. The van der Waals surface area contributed by atoms with Gasteiger partial charge in [0.05, 0.1) is 0 Å². The smallest absolute Gasteiger partial charge is 0.0380 e. The Morgan fingerprint density at radius 2 is 2.70 bits per heavy atom. The molecule has 1 aliphatic rings. The van der Waals surface area contributed by atoms with Crippen LogP contribution < -0.4 is 11.1 Å². The predicted molar refractivity (Wildman–Crippen MR) is 42.0 cm³/mol. The van der Waals surface area contributed by atoms with Crippen LogP contribution in [0.4, 0.5) is 0 Å². The molecule has 10 heavy (non-hydrogen) atoms. The molecular formula is C7H13N3. The molecule has 0 aliphatic carbocycles. The Labute approximate surface area is 60.8 Å². The minimum atomic E-state index is 0.190. The number of rotatable bonds is 3. The molecule has 0 aromatic rings. The van der Waals surface area contributed by atoms with Gasteiger partial charge in [-0.2, -0.15) is 0 Å². The van der Waals surface area contributed by atoms with Gasteiger partial charge >= 0.3 is 0 Å². The molecule has 4 N–H and O–H groups in total. The van der Waals surface area contributed by atoms with Crippen molar-refractivity contribution in [2.75, 3.05) is 6.54 Å². The van der Waals surface area contributed by atoms with Crippen LogP contribution in [0, 0.1) is 11.3 Å². The second kappa shape index (κ2) is 3.37. The zero-order valence-electron chi connectivity index (χ0n) is 5.88. The van der Waals surface area contributed by atoms with Crippen LogP contribution in [0.15, 0.2) is 12.3 Å². The minimum absolute atomic E-state index is 0.190. The Bertz CT molecular complexity index is 134. The first-order valence-corrected chi connectivity index (χ1v) is 3.50. The molecule has 2 atom stereocenters. The summed E-state index contributed by atoms with van der Waals surface area (Å²) in [6.07, 6.45) is 6.41. The van der Waals surface area contributed by atoms with Crippen LogP contribution in [0.25, 0.3) is 0 Å². The third kappa shape index (κ3) is 1.36. The average molecular weight is 139 g/mol. The van der Waals surface area contributed by atoms with E-state index in [0.29, 0.717) is 12.6 Å². The summed E-state index contributed by atoms with van der Waals surface area (Å²) in [5, 5.41) is 10.2. The molecule has 1 heterocycles. The highest BCUT2D eigenvalue weighted by atomic mass is 14.9. The maximum atomic E-state index is 7.05. The van der Waals surface area contributed by atoms with Crippen molar-refractivity contribution in [3.63, 3.8) is 0 Å². The molecule has 0 radical (unpaired) electrons. The van der Waals surface area contributed by atoms with E-state index in [9.17, 15) is 0 Å². The highest BCUT2D eigenvalue weighted by molar-refractivity contribution is 5.58. The Hall–Kier alpha value is -0.830. The fourth-order valence-electron chi connectivity index (χ4n) is 1.12. The highest BCUT2D eigenvalue weighted by Gasteiger charge is 2.17. The first kappa shape index (κ1) is 7.28. The number of hydrogen-bond donors (Lipinski definition) is 3. The first-order chi connectivity index (χ1) is 4.88. The van der Waals surface area contributed by atoms with Crippen molar-refractivity contribution < 1.29 is 0 Å². The van der Waals surface area contributed by atoms with Crippen molar-refractivity contribution in [3.8, 4) is 0 Å². The first-order valence-electron chi connectivity index (χ1n) is 3.50. The summed E-state index contributed by atoms with van der Waals surface area (Å²) in [7, 11) is 0. The van der Waals surface area contributed by atoms with E-state index in [0.717, 1.165) is 6.42 Å². The van der Waals surface area contributed by atoms with E-state index in [1.807, 2.05) is 6.20 Å². The summed E-state index contributed by atoms with van der Waals surface area (Å²) in [6.45, 7) is 0.558. The van der Waals surface area contributed by atoms with E-state index in [2.05, 4.69) is 11.4 Å². The van der Waals surface area contributed by atoms with Crippen molar-refractivity contribution in [1.29, 1.82) is 5.41 Å². The van der Waals surface area contributed by atoms with Crippen molar-refractivity contribution >= 4 is 6.21 Å². The maximum Gasteiger partial charge on any atom is 0.0380 e. The molecule has 56 valence electrons. The van der Waals surface area contributed by atoms with Crippen LogP contribution in [0.5, 0.6) is 0 Å². The largest absolute Gasteiger partial charge is 0.387 e. The lowest BCUT2D eigenvalue weighted by atomic mass is 10.0. The third-order valence-electron chi connectivity index (χ3n) is 1.82. The molecule has 0 aromatic heterocycles. The Morgan fingerprint density at radius 1 is 1.90 bits per heavy atom. The Balaban J connectivity index is 2.38. The van der Waals surface area contributed by atoms with Crippen LogP contribution in [-0.2, 0) is 0 Å². The molecule has 0 fully saturated rings. The van der Waals surface area contributed by atoms with E-state index in [-0.39, 0.29) is 5.92 Å². The second-order valence-corrected chi connectivity index (χ2v) is 2.48. The van der Waals surface area contributed by atoms with Crippen molar-refractivity contribution in [2.24, 2.45) is 11.7 Å². The molecule has 3 nitrogen and oxygen atoms in total. The van der Waals surface area contributed by atoms with Gasteiger partial charge in [-0.3, -0.25) is 0 Å². The predicted octanol–water partition coefficient (Wildman–Crippen LogP) is 0.0865. The Kier molecular flexibility index (Phi) is 2.45. The van der Waals surface area contributed by atoms with E-state index in [4.69, 9.17) is 11.1 Å². The molecular weight excluding hydrogens is 126 g/mol. The fourth-order valence-corrected chi connectivity index (χ4v) is 1.12. The summed E-state index contributed by atoms with van der Waals surface area (Å²) in [4.78, 5) is 0. The molecule has 0 saturated heterocycles. The standard InChI is InChI=1S/C7H13N3/c8-4-6(5-9)7-2-1-3-10-7/h1,3-4,6-8,10H,2,5,9H2/t6?,7-/m1/s1. The third-order valence-corrected chi connectivity index (χ3v) is 1.82. The molecule has 0 aromatic carbocycles. The van der Waals surface area contributed by atoms with Gasteiger partial charge in [0.1, 0.15) is 0 Å². The lowest BCUT2D eigenvalue weighted by molar-refractivity contribution is 0.510. The molecule has 1 unspecified atom stereocenters. The zero-order valence-corrected chi connectivity index (χ0v) is 5.88. The summed E-state index contributed by atoms with van der Waals surface area (Å²) >= 11 is 0. The van der Waals surface area contributed by atoms with Crippen molar-refractivity contribution in [3.05, 3.63) is 12.3 Å². The topological polar surface area (TPSA) is 61.9 Å². The number of nitrogens with one attached hydrogen (secondary N) is 2.